The van der Waals surface area contributed by atoms with Gasteiger partial charge in [-0.25, -0.2) is 4.79 Å². The fourth-order valence-corrected chi connectivity index (χ4v) is 7.54. The molecule has 0 N–H and O–H groups in total. The molecule has 1 atom stereocenters. The number of carbonyl (C=O) groups excluding carboxylic acids is 1. The molecule has 1 amide bonds. The van der Waals surface area contributed by atoms with Gasteiger partial charge in [0.05, 0.1) is 40.9 Å². The average Bonchev–Trinajstić information content (AvgIpc) is 3.67. The molecule has 1 saturated carbocycles. The maximum atomic E-state index is 14.4. The van der Waals surface area contributed by atoms with Gasteiger partial charge in [-0.15, -0.1) is 11.3 Å². The fourth-order valence-electron chi connectivity index (χ4n) is 5.85. The second kappa shape index (κ2) is 12.4. The summed E-state index contributed by atoms with van der Waals surface area (Å²) in [6, 6.07) is 7.68. The van der Waals surface area contributed by atoms with Gasteiger partial charge in [0, 0.05) is 31.9 Å². The highest BCUT2D eigenvalue weighted by molar-refractivity contribution is 9.11. The van der Waals surface area contributed by atoms with Crippen LogP contribution in [0.5, 0.6) is 5.75 Å². The number of amides is 1. The van der Waals surface area contributed by atoms with Crippen molar-refractivity contribution >= 4 is 43.4 Å². The number of rotatable bonds is 11. The summed E-state index contributed by atoms with van der Waals surface area (Å²) in [4.78, 5) is 44.0. The molecule has 1 unspecified atom stereocenters. The summed E-state index contributed by atoms with van der Waals surface area (Å²) in [6.07, 6.45) is 2.34. The number of thiophene rings is 1. The number of ether oxygens (including phenoxy) is 3. The molecular weight excluding hydrogens is 610 g/mol. The minimum absolute atomic E-state index is 0.0333. The first-order chi connectivity index (χ1) is 19.7. The second-order valence-electron chi connectivity index (χ2n) is 10.9. The average molecular weight is 649 g/mol. The largest absolute Gasteiger partial charge is 0.496 e. The Labute approximate surface area is 252 Å². The zero-order valence-electron chi connectivity index (χ0n) is 24.1. The van der Waals surface area contributed by atoms with Crippen LogP contribution in [0.25, 0.3) is 10.2 Å². The van der Waals surface area contributed by atoms with E-state index in [-0.39, 0.29) is 30.5 Å². The quantitative estimate of drug-likeness (QED) is 0.291. The highest BCUT2D eigenvalue weighted by Gasteiger charge is 2.49. The summed E-state index contributed by atoms with van der Waals surface area (Å²) in [5.74, 6) is 0.637. The molecule has 0 bridgehead atoms. The summed E-state index contributed by atoms with van der Waals surface area (Å²) in [5, 5.41) is 0.507. The smallest absolute Gasteiger partial charge is 0.332 e. The third kappa shape index (κ3) is 5.78. The van der Waals surface area contributed by atoms with E-state index in [1.165, 1.54) is 15.9 Å². The van der Waals surface area contributed by atoms with E-state index >= 15 is 0 Å². The van der Waals surface area contributed by atoms with Gasteiger partial charge in [0.1, 0.15) is 16.7 Å². The van der Waals surface area contributed by atoms with Crippen molar-refractivity contribution in [1.82, 2.24) is 14.0 Å². The Morgan fingerprint density at radius 2 is 1.88 bits per heavy atom. The van der Waals surface area contributed by atoms with E-state index in [1.54, 1.807) is 16.6 Å². The lowest BCUT2D eigenvalue weighted by Gasteiger charge is -2.30. The number of aryl methyl sites for hydroxylation is 1. The Hall–Kier alpha value is -2.47. The van der Waals surface area contributed by atoms with Crippen molar-refractivity contribution in [1.29, 1.82) is 0 Å². The Balaban J connectivity index is 1.65. The normalized spacial score (nSPS) is 17.5. The molecule has 1 aliphatic carbocycles. The molecule has 41 heavy (non-hydrogen) atoms. The molecule has 9 nitrogen and oxygen atoms in total. The molecule has 11 heteroatoms. The summed E-state index contributed by atoms with van der Waals surface area (Å²) in [6.45, 7) is 8.38. The molecule has 5 rings (SSSR count). The molecule has 2 fully saturated rings. The van der Waals surface area contributed by atoms with Crippen LogP contribution < -0.4 is 16.0 Å². The first kappa shape index (κ1) is 30.0. The molecule has 3 heterocycles. The third-order valence-electron chi connectivity index (χ3n) is 8.41. The van der Waals surface area contributed by atoms with Crippen molar-refractivity contribution in [3.05, 3.63) is 60.0 Å². The Morgan fingerprint density at radius 1 is 1.20 bits per heavy atom. The second-order valence-corrected chi connectivity index (χ2v) is 13.2. The van der Waals surface area contributed by atoms with E-state index in [0.29, 0.717) is 55.1 Å². The lowest BCUT2D eigenvalue weighted by molar-refractivity contribution is -0.132. The number of fused-ring (bicyclic) bond motifs is 1. The van der Waals surface area contributed by atoms with Crippen LogP contribution in [0.2, 0.25) is 0 Å². The van der Waals surface area contributed by atoms with Crippen molar-refractivity contribution in [2.24, 2.45) is 0 Å². The topological polar surface area (TPSA) is 92.0 Å². The van der Waals surface area contributed by atoms with Crippen LogP contribution in [0, 0.1) is 6.92 Å². The zero-order chi connectivity index (χ0) is 29.3. The number of aromatic nitrogens is 2. The van der Waals surface area contributed by atoms with Gasteiger partial charge in [-0.2, -0.15) is 0 Å². The van der Waals surface area contributed by atoms with Gasteiger partial charge >= 0.3 is 5.69 Å². The van der Waals surface area contributed by atoms with Crippen molar-refractivity contribution in [3.8, 4) is 5.75 Å². The maximum absolute atomic E-state index is 14.4. The van der Waals surface area contributed by atoms with Crippen molar-refractivity contribution in [3.63, 3.8) is 0 Å². The van der Waals surface area contributed by atoms with Crippen LogP contribution in [0.3, 0.4) is 0 Å². The number of hydrogen-bond acceptors (Lipinski definition) is 7. The molecule has 1 aromatic carbocycles. The third-order valence-corrected chi connectivity index (χ3v) is 10.6. The minimum Gasteiger partial charge on any atom is -0.496 e. The van der Waals surface area contributed by atoms with E-state index in [0.717, 1.165) is 27.8 Å². The van der Waals surface area contributed by atoms with Crippen molar-refractivity contribution in [2.45, 2.75) is 77.2 Å². The van der Waals surface area contributed by atoms with Crippen LogP contribution in [0.15, 0.2) is 37.6 Å². The fraction of sp³-hybridized carbons (Fsp3) is 0.567. The lowest BCUT2D eigenvalue weighted by atomic mass is 10.1. The van der Waals surface area contributed by atoms with Gasteiger partial charge in [0.15, 0.2) is 0 Å². The predicted molar refractivity (Wildman–Crippen MR) is 163 cm³/mol. The molecule has 3 aromatic rings. The first-order valence-corrected chi connectivity index (χ1v) is 15.9. The maximum Gasteiger partial charge on any atom is 0.332 e. The van der Waals surface area contributed by atoms with Gasteiger partial charge in [-0.3, -0.25) is 18.7 Å². The van der Waals surface area contributed by atoms with Gasteiger partial charge in [0.25, 0.3) is 5.56 Å². The summed E-state index contributed by atoms with van der Waals surface area (Å²) < 4.78 is 21.8. The van der Waals surface area contributed by atoms with Crippen LogP contribution in [-0.4, -0.2) is 59.5 Å². The number of halogens is 1. The summed E-state index contributed by atoms with van der Waals surface area (Å²) >= 11 is 4.99. The number of hydrogen-bond donors (Lipinski definition) is 0. The van der Waals surface area contributed by atoms with Crippen LogP contribution in [0.4, 0.5) is 0 Å². The molecule has 2 aliphatic rings. The van der Waals surface area contributed by atoms with E-state index in [4.69, 9.17) is 14.2 Å². The van der Waals surface area contributed by atoms with E-state index < -0.39 is 17.3 Å². The molecule has 1 saturated heterocycles. The van der Waals surface area contributed by atoms with E-state index in [1.807, 2.05) is 45.0 Å². The first-order valence-electron chi connectivity index (χ1n) is 14.3. The lowest BCUT2D eigenvalue weighted by Crippen LogP contribution is -2.48. The van der Waals surface area contributed by atoms with Gasteiger partial charge in [0.2, 0.25) is 5.91 Å². The summed E-state index contributed by atoms with van der Waals surface area (Å²) in [5.41, 5.74) is 0.0833. The monoisotopic (exact) mass is 647 g/mol. The molecule has 0 radical (unpaired) electrons. The SMILES string of the molecule is CCN(CC)C(=O)CC1(n2c(=O)c3c(C)c(Br)sc3n(CC(OC3CCOCC3)c3ccccc3OC)c2=O)CC1. The van der Waals surface area contributed by atoms with Crippen LogP contribution in [-0.2, 0) is 26.4 Å². The minimum atomic E-state index is -0.813. The van der Waals surface area contributed by atoms with Crippen LogP contribution >= 0.6 is 27.3 Å². The number of nitrogens with zero attached hydrogens (tertiary/aromatic N) is 3. The zero-order valence-corrected chi connectivity index (χ0v) is 26.5. The molecule has 222 valence electrons. The van der Waals surface area contributed by atoms with Gasteiger partial charge < -0.3 is 19.1 Å². The number of benzene rings is 1. The van der Waals surface area contributed by atoms with Crippen LogP contribution in [0.1, 0.15) is 63.2 Å². The number of carbonyl (C=O) groups is 1. The summed E-state index contributed by atoms with van der Waals surface area (Å²) in [7, 11) is 1.62. The highest BCUT2D eigenvalue weighted by atomic mass is 79.9. The van der Waals surface area contributed by atoms with Crippen molar-refractivity contribution < 1.29 is 19.0 Å². The van der Waals surface area contributed by atoms with Crippen molar-refractivity contribution in [2.75, 3.05) is 33.4 Å². The standard InChI is InChI=1S/C30H38BrN3O6S/c1-5-32(6-2)24(35)17-30(13-14-30)34-27(36)25-19(3)26(31)41-28(25)33(29(34)37)18-23(40-20-11-15-39-16-12-20)21-9-7-8-10-22(21)38-4/h7-10,20,23H,5-6,11-18H2,1-4H3. The number of methoxy groups -OCH3 is 1. The Bertz CT molecular complexity index is 1530. The molecule has 0 spiro atoms. The predicted octanol–water partition coefficient (Wildman–Crippen LogP) is 4.99. The molecule has 1 aliphatic heterocycles. The van der Waals surface area contributed by atoms with Gasteiger partial charge in [-0.05, 0) is 74.0 Å². The Morgan fingerprint density at radius 3 is 2.51 bits per heavy atom. The number of para-hydroxylation sites is 1. The highest BCUT2D eigenvalue weighted by Crippen LogP contribution is 2.46. The van der Waals surface area contributed by atoms with E-state index in [9.17, 15) is 14.4 Å². The molecular formula is C30H38BrN3O6S. The van der Waals surface area contributed by atoms with Gasteiger partial charge in [-0.1, -0.05) is 18.2 Å². The molecule has 2 aromatic heterocycles. The Kier molecular flexibility index (Phi) is 9.08. The van der Waals surface area contributed by atoms with E-state index in [2.05, 4.69) is 15.9 Å².